The third-order valence-corrected chi connectivity index (χ3v) is 4.13. The first-order chi connectivity index (χ1) is 10.4. The monoisotopic (exact) mass is 281 g/mol. The molecule has 0 amide bonds. The number of ether oxygens (including phenoxy) is 1. The minimum absolute atomic E-state index is 0.431. The molecule has 0 radical (unpaired) electrons. The van der Waals surface area contributed by atoms with Crippen molar-refractivity contribution in [1.82, 2.24) is 5.32 Å². The second kappa shape index (κ2) is 7.28. The molecule has 0 bridgehead atoms. The third-order valence-electron chi connectivity index (χ3n) is 4.13. The van der Waals surface area contributed by atoms with Crippen LogP contribution in [-0.2, 0) is 4.74 Å². The van der Waals surface area contributed by atoms with Gasteiger partial charge in [-0.05, 0) is 30.9 Å². The molecule has 0 saturated carbocycles. The minimum atomic E-state index is 0.431. The summed E-state index contributed by atoms with van der Waals surface area (Å²) >= 11 is 0. The van der Waals surface area contributed by atoms with Gasteiger partial charge < -0.3 is 4.74 Å². The molecule has 1 aromatic carbocycles. The summed E-state index contributed by atoms with van der Waals surface area (Å²) in [5, 5.41) is 3.45. The molecule has 0 fully saturated rings. The zero-order chi connectivity index (χ0) is 14.3. The lowest BCUT2D eigenvalue weighted by molar-refractivity contribution is 0.168. The van der Waals surface area contributed by atoms with E-state index in [1.165, 1.54) is 24.8 Å². The van der Waals surface area contributed by atoms with Crippen molar-refractivity contribution in [3.63, 3.8) is 0 Å². The van der Waals surface area contributed by atoms with Gasteiger partial charge >= 0.3 is 0 Å². The highest BCUT2D eigenvalue weighted by atomic mass is 16.5. The van der Waals surface area contributed by atoms with Crippen molar-refractivity contribution in [3.05, 3.63) is 72.0 Å². The topological polar surface area (TPSA) is 21.3 Å². The van der Waals surface area contributed by atoms with Crippen molar-refractivity contribution >= 4 is 0 Å². The van der Waals surface area contributed by atoms with Gasteiger partial charge in [0.15, 0.2) is 0 Å². The Balaban J connectivity index is 1.48. The molecule has 110 valence electrons. The zero-order valence-corrected chi connectivity index (χ0v) is 12.4. The fourth-order valence-corrected chi connectivity index (χ4v) is 2.91. The van der Waals surface area contributed by atoms with Crippen LogP contribution < -0.4 is 5.32 Å². The van der Waals surface area contributed by atoms with Crippen molar-refractivity contribution in [3.8, 4) is 0 Å². The highest BCUT2D eigenvalue weighted by Gasteiger charge is 2.14. The van der Waals surface area contributed by atoms with Gasteiger partial charge in [0.2, 0.25) is 0 Å². The van der Waals surface area contributed by atoms with Crippen LogP contribution in [0.5, 0.6) is 0 Å². The lowest BCUT2D eigenvalue weighted by Crippen LogP contribution is -2.30. The van der Waals surface area contributed by atoms with Gasteiger partial charge in [-0.15, -0.1) is 0 Å². The second-order valence-corrected chi connectivity index (χ2v) is 5.70. The molecule has 0 saturated heterocycles. The summed E-state index contributed by atoms with van der Waals surface area (Å²) in [6.07, 6.45) is 15.6. The van der Waals surface area contributed by atoms with E-state index < -0.39 is 0 Å². The highest BCUT2D eigenvalue weighted by molar-refractivity contribution is 5.30. The predicted molar refractivity (Wildman–Crippen MR) is 86.9 cm³/mol. The average molecular weight is 281 g/mol. The standard InChI is InChI=1S/C19H23NO/c1-3-8-16(9-4-1)17-10-7-13-19(14-17)21-15-20-18-11-5-2-6-12-18/h1,3-5,7-11,13,17-18,20H,2,6,12,14-15H2. The maximum atomic E-state index is 5.90. The van der Waals surface area contributed by atoms with Crippen LogP contribution in [0.2, 0.25) is 0 Å². The van der Waals surface area contributed by atoms with Gasteiger partial charge in [0, 0.05) is 18.4 Å². The summed E-state index contributed by atoms with van der Waals surface area (Å²) in [6, 6.07) is 11.1. The van der Waals surface area contributed by atoms with Gasteiger partial charge in [0.05, 0.1) is 5.76 Å². The van der Waals surface area contributed by atoms with E-state index in [0.29, 0.717) is 18.7 Å². The Labute approximate surface area is 127 Å². The van der Waals surface area contributed by atoms with E-state index in [0.717, 1.165) is 12.2 Å². The Morgan fingerprint density at radius 1 is 1.14 bits per heavy atom. The van der Waals surface area contributed by atoms with E-state index >= 15 is 0 Å². The van der Waals surface area contributed by atoms with E-state index in [1.54, 1.807) is 0 Å². The minimum Gasteiger partial charge on any atom is -0.483 e. The second-order valence-electron chi connectivity index (χ2n) is 5.70. The van der Waals surface area contributed by atoms with Crippen LogP contribution in [0.15, 0.2) is 66.5 Å². The molecular weight excluding hydrogens is 258 g/mol. The summed E-state index contributed by atoms with van der Waals surface area (Å²) in [5.74, 6) is 1.50. The van der Waals surface area contributed by atoms with Crippen LogP contribution in [0.3, 0.4) is 0 Å². The first-order valence-corrected chi connectivity index (χ1v) is 7.87. The summed E-state index contributed by atoms with van der Waals surface area (Å²) in [4.78, 5) is 0. The van der Waals surface area contributed by atoms with Crippen molar-refractivity contribution in [1.29, 1.82) is 0 Å². The molecule has 2 nitrogen and oxygen atoms in total. The van der Waals surface area contributed by atoms with Gasteiger partial charge in [0.1, 0.15) is 6.73 Å². The molecule has 2 atom stereocenters. The number of benzene rings is 1. The molecule has 2 heteroatoms. The Morgan fingerprint density at radius 3 is 2.86 bits per heavy atom. The molecule has 0 spiro atoms. The first-order valence-electron chi connectivity index (χ1n) is 7.87. The first kappa shape index (κ1) is 14.2. The van der Waals surface area contributed by atoms with Crippen LogP contribution in [0.1, 0.15) is 37.2 Å². The largest absolute Gasteiger partial charge is 0.483 e. The van der Waals surface area contributed by atoms with Crippen LogP contribution in [0.25, 0.3) is 0 Å². The lowest BCUT2D eigenvalue weighted by atomic mass is 9.92. The van der Waals surface area contributed by atoms with E-state index in [4.69, 9.17) is 4.74 Å². The van der Waals surface area contributed by atoms with E-state index in [9.17, 15) is 0 Å². The molecule has 3 rings (SSSR count). The fourth-order valence-electron chi connectivity index (χ4n) is 2.91. The van der Waals surface area contributed by atoms with Gasteiger partial charge in [-0.1, -0.05) is 54.6 Å². The van der Waals surface area contributed by atoms with Gasteiger partial charge in [-0.3, -0.25) is 5.32 Å². The molecule has 1 aromatic rings. The zero-order valence-electron chi connectivity index (χ0n) is 12.4. The molecule has 0 heterocycles. The van der Waals surface area contributed by atoms with Crippen LogP contribution in [-0.4, -0.2) is 12.8 Å². The highest BCUT2D eigenvalue weighted by Crippen LogP contribution is 2.28. The van der Waals surface area contributed by atoms with E-state index in [1.807, 2.05) is 0 Å². The summed E-state index contributed by atoms with van der Waals surface area (Å²) in [7, 11) is 0. The molecular formula is C19H23NO. The van der Waals surface area contributed by atoms with Crippen molar-refractivity contribution < 1.29 is 4.74 Å². The maximum Gasteiger partial charge on any atom is 0.139 e. The van der Waals surface area contributed by atoms with Crippen LogP contribution in [0, 0.1) is 0 Å². The molecule has 0 aromatic heterocycles. The number of hydrogen-bond acceptors (Lipinski definition) is 2. The number of rotatable bonds is 5. The molecule has 2 aliphatic rings. The van der Waals surface area contributed by atoms with E-state index in [2.05, 4.69) is 66.0 Å². The van der Waals surface area contributed by atoms with Gasteiger partial charge in [0.25, 0.3) is 0 Å². The van der Waals surface area contributed by atoms with Crippen LogP contribution in [0.4, 0.5) is 0 Å². The normalized spacial score (nSPS) is 24.7. The predicted octanol–water partition coefficient (Wildman–Crippen LogP) is 4.29. The molecule has 1 N–H and O–H groups in total. The summed E-state index contributed by atoms with van der Waals surface area (Å²) in [5.41, 5.74) is 1.35. The SMILES string of the molecule is C1=CC(c2ccccc2)CC(OCNC2C=CCCC2)=C1. The molecule has 21 heavy (non-hydrogen) atoms. The third kappa shape index (κ3) is 4.08. The lowest BCUT2D eigenvalue weighted by Gasteiger charge is -2.22. The number of allylic oxidation sites excluding steroid dienone is 5. The quantitative estimate of drug-likeness (QED) is 0.642. The summed E-state index contributed by atoms with van der Waals surface area (Å²) < 4.78 is 5.90. The molecule has 2 aliphatic carbocycles. The van der Waals surface area contributed by atoms with Gasteiger partial charge in [-0.25, -0.2) is 0 Å². The number of hydrogen-bond donors (Lipinski definition) is 1. The van der Waals surface area contributed by atoms with Crippen molar-refractivity contribution in [2.75, 3.05) is 6.73 Å². The van der Waals surface area contributed by atoms with E-state index in [-0.39, 0.29) is 0 Å². The fraction of sp³-hybridized carbons (Fsp3) is 0.368. The van der Waals surface area contributed by atoms with Crippen molar-refractivity contribution in [2.24, 2.45) is 0 Å². The Kier molecular flexibility index (Phi) is 4.90. The molecule has 0 aliphatic heterocycles. The molecule has 2 unspecified atom stereocenters. The van der Waals surface area contributed by atoms with Crippen molar-refractivity contribution in [2.45, 2.75) is 37.6 Å². The average Bonchev–Trinajstić information content (AvgIpc) is 2.57. The Bertz CT molecular complexity index is 530. The van der Waals surface area contributed by atoms with Crippen LogP contribution >= 0.6 is 0 Å². The van der Waals surface area contributed by atoms with Gasteiger partial charge in [-0.2, -0.15) is 0 Å². The Hall–Kier alpha value is -1.80. The Morgan fingerprint density at radius 2 is 2.05 bits per heavy atom. The smallest absolute Gasteiger partial charge is 0.139 e. The summed E-state index contributed by atoms with van der Waals surface area (Å²) in [6.45, 7) is 0.593. The number of nitrogens with one attached hydrogen (secondary N) is 1. The maximum absolute atomic E-state index is 5.90.